The van der Waals surface area contributed by atoms with E-state index in [1.165, 1.54) is 4.90 Å². The molecule has 0 spiro atoms. The summed E-state index contributed by atoms with van der Waals surface area (Å²) < 4.78 is 0. The van der Waals surface area contributed by atoms with Gasteiger partial charge in [-0.3, -0.25) is 24.2 Å². The number of benzene rings is 1. The molecule has 1 aliphatic heterocycles. The molecule has 2 amide bonds. The van der Waals surface area contributed by atoms with Crippen molar-refractivity contribution in [3.8, 4) is 0 Å². The van der Waals surface area contributed by atoms with Crippen molar-refractivity contribution in [1.82, 2.24) is 10.2 Å². The summed E-state index contributed by atoms with van der Waals surface area (Å²) in [5.41, 5.74) is 1.02. The summed E-state index contributed by atoms with van der Waals surface area (Å²) in [6.07, 6.45) is 0. The lowest BCUT2D eigenvalue weighted by molar-refractivity contribution is -0.123. The summed E-state index contributed by atoms with van der Waals surface area (Å²) in [4.78, 5) is 38.7. The molecule has 1 aliphatic rings. The molecule has 0 fully saturated rings. The Balaban J connectivity index is 2.05. The van der Waals surface area contributed by atoms with Gasteiger partial charge in [0.25, 0.3) is 5.78 Å². The maximum atomic E-state index is 12.0. The zero-order valence-corrected chi connectivity index (χ0v) is 12.4. The quantitative estimate of drug-likeness (QED) is 0.807. The van der Waals surface area contributed by atoms with Gasteiger partial charge in [-0.15, -0.1) is 0 Å². The fourth-order valence-electron chi connectivity index (χ4n) is 2.29. The maximum absolute atomic E-state index is 12.0. The molecule has 1 aromatic carbocycles. The van der Waals surface area contributed by atoms with E-state index in [4.69, 9.17) is 0 Å². The minimum atomic E-state index is -0.549. The molecular weight excluding hydrogens is 270 g/mol. The van der Waals surface area contributed by atoms with Gasteiger partial charge >= 0.3 is 5.91 Å². The predicted octanol–water partition coefficient (Wildman–Crippen LogP) is 0.630. The third kappa shape index (κ3) is 3.28. The normalized spacial score (nSPS) is 14.0. The summed E-state index contributed by atoms with van der Waals surface area (Å²) >= 11 is 0. The molecule has 6 heteroatoms. The number of amides is 2. The summed E-state index contributed by atoms with van der Waals surface area (Å²) in [5, 5.41) is 2.79. The highest BCUT2D eigenvalue weighted by atomic mass is 16.2. The molecule has 112 valence electrons. The number of carbonyl (C=O) groups is 3. The number of fused-ring (bicyclic) bond motifs is 1. The summed E-state index contributed by atoms with van der Waals surface area (Å²) in [5.74, 6) is -1.16. The van der Waals surface area contributed by atoms with Gasteiger partial charge in [-0.05, 0) is 33.0 Å². The average molecular weight is 289 g/mol. The molecule has 0 saturated carbocycles. The monoisotopic (exact) mass is 289 g/mol. The van der Waals surface area contributed by atoms with Crippen molar-refractivity contribution in [2.75, 3.05) is 25.2 Å². The van der Waals surface area contributed by atoms with Gasteiger partial charge in [0, 0.05) is 6.04 Å². The lowest BCUT2D eigenvalue weighted by atomic mass is 10.1. The van der Waals surface area contributed by atoms with Crippen molar-refractivity contribution in [2.45, 2.75) is 19.9 Å². The fraction of sp³-hybridized carbons (Fsp3) is 0.400. The van der Waals surface area contributed by atoms with Crippen LogP contribution in [0.1, 0.15) is 24.2 Å². The Morgan fingerprint density at radius 1 is 1.29 bits per heavy atom. The highest BCUT2D eigenvalue weighted by Gasteiger charge is 2.35. The first-order valence-electron chi connectivity index (χ1n) is 6.83. The topological polar surface area (TPSA) is 69.7 Å². The number of rotatable bonds is 5. The van der Waals surface area contributed by atoms with E-state index in [0.717, 1.165) is 0 Å². The molecule has 0 saturated heterocycles. The average Bonchev–Trinajstić information content (AvgIpc) is 2.63. The third-order valence-electron chi connectivity index (χ3n) is 3.12. The molecule has 0 atom stereocenters. The first-order chi connectivity index (χ1) is 9.90. The number of likely N-dealkylation sites (N-methyl/N-ethyl adjacent to an activating group) is 1. The van der Waals surface area contributed by atoms with Crippen LogP contribution in [0, 0.1) is 0 Å². The van der Waals surface area contributed by atoms with Crippen molar-refractivity contribution >= 4 is 23.3 Å². The molecule has 0 bridgehead atoms. The molecule has 21 heavy (non-hydrogen) atoms. The van der Waals surface area contributed by atoms with Crippen molar-refractivity contribution in [1.29, 1.82) is 0 Å². The Hall–Kier alpha value is -2.21. The van der Waals surface area contributed by atoms with Crippen LogP contribution in [0.2, 0.25) is 0 Å². The second kappa shape index (κ2) is 6.05. The van der Waals surface area contributed by atoms with E-state index in [1.54, 1.807) is 36.2 Å². The van der Waals surface area contributed by atoms with Crippen molar-refractivity contribution in [3.05, 3.63) is 29.8 Å². The van der Waals surface area contributed by atoms with Gasteiger partial charge in [0.15, 0.2) is 0 Å². The minimum absolute atomic E-state index is 0.0709. The molecule has 0 aromatic heterocycles. The van der Waals surface area contributed by atoms with Gasteiger partial charge in [0.2, 0.25) is 5.91 Å². The van der Waals surface area contributed by atoms with Crippen LogP contribution in [0.15, 0.2) is 24.3 Å². The van der Waals surface area contributed by atoms with Crippen LogP contribution < -0.4 is 10.2 Å². The van der Waals surface area contributed by atoms with E-state index < -0.39 is 11.7 Å². The molecule has 2 rings (SSSR count). The van der Waals surface area contributed by atoms with Crippen LogP contribution in [0.3, 0.4) is 0 Å². The van der Waals surface area contributed by atoms with E-state index in [2.05, 4.69) is 5.32 Å². The third-order valence-corrected chi connectivity index (χ3v) is 3.12. The number of carbonyl (C=O) groups excluding carboxylic acids is 3. The standard InChI is InChI=1S/C15H19N3O3/c1-10(2)16-13(19)8-17(3)9-18-12-7-5-4-6-11(12)14(20)15(18)21/h4-7,10H,8-9H2,1-3H3,(H,16,19). The number of hydrogen-bond acceptors (Lipinski definition) is 4. The number of para-hydroxylation sites is 1. The second-order valence-electron chi connectivity index (χ2n) is 5.46. The van der Waals surface area contributed by atoms with Crippen LogP contribution in [0.4, 0.5) is 5.69 Å². The Morgan fingerprint density at radius 2 is 1.95 bits per heavy atom. The first kappa shape index (κ1) is 15.2. The lowest BCUT2D eigenvalue weighted by Gasteiger charge is -2.24. The van der Waals surface area contributed by atoms with Gasteiger partial charge < -0.3 is 5.32 Å². The fourth-order valence-corrected chi connectivity index (χ4v) is 2.29. The Kier molecular flexibility index (Phi) is 4.37. The van der Waals surface area contributed by atoms with Gasteiger partial charge in [-0.2, -0.15) is 0 Å². The van der Waals surface area contributed by atoms with Crippen LogP contribution in [0.5, 0.6) is 0 Å². The van der Waals surface area contributed by atoms with Crippen LogP contribution in [0.25, 0.3) is 0 Å². The van der Waals surface area contributed by atoms with Crippen LogP contribution >= 0.6 is 0 Å². The van der Waals surface area contributed by atoms with Crippen molar-refractivity contribution in [3.63, 3.8) is 0 Å². The number of ketones is 1. The summed E-state index contributed by atoms with van der Waals surface area (Å²) in [6.45, 7) is 4.14. The largest absolute Gasteiger partial charge is 0.353 e. The van der Waals surface area contributed by atoms with E-state index >= 15 is 0 Å². The maximum Gasteiger partial charge on any atom is 0.300 e. The lowest BCUT2D eigenvalue weighted by Crippen LogP contribution is -2.44. The second-order valence-corrected chi connectivity index (χ2v) is 5.46. The molecular formula is C15H19N3O3. The molecule has 1 aromatic rings. The number of nitrogens with one attached hydrogen (secondary N) is 1. The number of anilines is 1. The molecule has 6 nitrogen and oxygen atoms in total. The van der Waals surface area contributed by atoms with Crippen LogP contribution in [-0.4, -0.2) is 48.8 Å². The smallest absolute Gasteiger partial charge is 0.300 e. The van der Waals surface area contributed by atoms with Crippen LogP contribution in [-0.2, 0) is 9.59 Å². The van der Waals surface area contributed by atoms with Gasteiger partial charge in [-0.1, -0.05) is 12.1 Å². The van der Waals surface area contributed by atoms with E-state index in [-0.39, 0.29) is 25.2 Å². The Labute approximate surface area is 123 Å². The Bertz CT molecular complexity index is 583. The molecule has 1 N–H and O–H groups in total. The van der Waals surface area contributed by atoms with E-state index in [0.29, 0.717) is 11.3 Å². The highest BCUT2D eigenvalue weighted by molar-refractivity contribution is 6.52. The van der Waals surface area contributed by atoms with Crippen molar-refractivity contribution in [2.24, 2.45) is 0 Å². The Morgan fingerprint density at radius 3 is 2.62 bits per heavy atom. The number of hydrogen-bond donors (Lipinski definition) is 1. The number of Topliss-reactive ketones (excluding diaryl/α,β-unsaturated/α-hetero) is 1. The highest BCUT2D eigenvalue weighted by Crippen LogP contribution is 2.28. The number of nitrogens with zero attached hydrogens (tertiary/aromatic N) is 2. The molecule has 0 radical (unpaired) electrons. The zero-order valence-electron chi connectivity index (χ0n) is 12.4. The van der Waals surface area contributed by atoms with Gasteiger partial charge in [-0.25, -0.2) is 0 Å². The van der Waals surface area contributed by atoms with Gasteiger partial charge in [0.05, 0.1) is 24.5 Å². The SMILES string of the molecule is CC(C)NC(=O)CN(C)CN1C(=O)C(=O)c2ccccc21. The minimum Gasteiger partial charge on any atom is -0.353 e. The van der Waals surface area contributed by atoms with E-state index in [1.807, 2.05) is 13.8 Å². The van der Waals surface area contributed by atoms with Gasteiger partial charge in [0.1, 0.15) is 0 Å². The first-order valence-corrected chi connectivity index (χ1v) is 6.83. The summed E-state index contributed by atoms with van der Waals surface area (Å²) in [7, 11) is 1.73. The molecule has 1 heterocycles. The zero-order chi connectivity index (χ0) is 15.6. The predicted molar refractivity (Wildman–Crippen MR) is 79.0 cm³/mol. The molecule has 0 aliphatic carbocycles. The summed E-state index contributed by atoms with van der Waals surface area (Å²) in [6, 6.07) is 6.96. The molecule has 0 unspecified atom stereocenters. The van der Waals surface area contributed by atoms with Crippen molar-refractivity contribution < 1.29 is 14.4 Å². The van der Waals surface area contributed by atoms with E-state index in [9.17, 15) is 14.4 Å².